The highest BCUT2D eigenvalue weighted by atomic mass is 35.5. The molecule has 0 N–H and O–H groups in total. The van der Waals surface area contributed by atoms with Gasteiger partial charge in [-0.3, -0.25) is 0 Å². The van der Waals surface area contributed by atoms with Gasteiger partial charge in [0.25, 0.3) is 10.0 Å². The lowest BCUT2D eigenvalue weighted by Gasteiger charge is -2.12. The average molecular weight is 334 g/mol. The van der Waals surface area contributed by atoms with Crippen molar-refractivity contribution < 1.29 is 8.42 Å². The number of benzene rings is 2. The van der Waals surface area contributed by atoms with Crippen molar-refractivity contribution in [3.63, 3.8) is 0 Å². The third-order valence-corrected chi connectivity index (χ3v) is 4.75. The quantitative estimate of drug-likeness (QED) is 0.627. The van der Waals surface area contributed by atoms with Crippen molar-refractivity contribution in [3.05, 3.63) is 64.7 Å². The van der Waals surface area contributed by atoms with E-state index < -0.39 is 10.0 Å². The van der Waals surface area contributed by atoms with Crippen LogP contribution < -0.4 is 0 Å². The van der Waals surface area contributed by atoms with Gasteiger partial charge in [0.1, 0.15) is 4.90 Å². The minimum atomic E-state index is -3.63. The maximum absolute atomic E-state index is 12.0. The summed E-state index contributed by atoms with van der Waals surface area (Å²) in [5.74, 6) is 0.306. The van der Waals surface area contributed by atoms with Gasteiger partial charge in [0.2, 0.25) is 0 Å². The molecule has 2 aromatic rings. The molecule has 0 spiro atoms. The molecule has 0 radical (unpaired) electrons. The van der Waals surface area contributed by atoms with E-state index in [0.717, 1.165) is 5.56 Å². The molecule has 3 rings (SSSR count). The molecule has 0 aliphatic carbocycles. The van der Waals surface area contributed by atoms with E-state index in [1.54, 1.807) is 43.6 Å². The van der Waals surface area contributed by atoms with Crippen LogP contribution in [0.4, 0.5) is 0 Å². The third kappa shape index (κ3) is 2.75. The number of hydrogen-bond donors (Lipinski definition) is 0. The Balaban J connectivity index is 1.90. The van der Waals surface area contributed by atoms with Gasteiger partial charge in [0.05, 0.1) is 6.21 Å². The van der Waals surface area contributed by atoms with Crippen LogP contribution in [-0.4, -0.2) is 32.5 Å². The second kappa shape index (κ2) is 5.55. The summed E-state index contributed by atoms with van der Waals surface area (Å²) in [6, 6.07) is 13.9. The van der Waals surface area contributed by atoms with Crippen molar-refractivity contribution in [1.29, 1.82) is 0 Å². The maximum atomic E-state index is 12.0. The molecular formula is C15H12ClN3O2S. The fourth-order valence-electron chi connectivity index (χ4n) is 2.08. The predicted molar refractivity (Wildman–Crippen MR) is 87.0 cm³/mol. The Bertz CT molecular complexity index is 874. The number of rotatable bonds is 2. The number of halogens is 1. The van der Waals surface area contributed by atoms with Gasteiger partial charge in [-0.2, -0.15) is 13.5 Å². The van der Waals surface area contributed by atoms with Gasteiger partial charge in [-0.15, -0.1) is 4.40 Å². The summed E-state index contributed by atoms with van der Waals surface area (Å²) in [6.07, 6.45) is 1.62. The molecule has 1 aliphatic heterocycles. The molecule has 5 nitrogen and oxygen atoms in total. The first-order valence-electron chi connectivity index (χ1n) is 6.45. The fraction of sp³-hybridized carbons (Fsp3) is 0.0667. The molecule has 0 aromatic heterocycles. The molecule has 1 heterocycles. The molecule has 2 aromatic carbocycles. The van der Waals surface area contributed by atoms with Crippen molar-refractivity contribution in [2.75, 3.05) is 7.05 Å². The predicted octanol–water partition coefficient (Wildman–Crippen LogP) is 2.75. The number of hydrazone groups is 1. The van der Waals surface area contributed by atoms with Gasteiger partial charge in [-0.05, 0) is 29.8 Å². The minimum absolute atomic E-state index is 0.207. The van der Waals surface area contributed by atoms with E-state index in [1.807, 2.05) is 12.1 Å². The van der Waals surface area contributed by atoms with Crippen molar-refractivity contribution in [2.24, 2.45) is 9.50 Å². The van der Waals surface area contributed by atoms with Gasteiger partial charge in [-0.1, -0.05) is 35.9 Å². The number of hydrogen-bond acceptors (Lipinski definition) is 4. The largest absolute Gasteiger partial charge is 0.285 e. The zero-order chi connectivity index (χ0) is 15.7. The lowest BCUT2D eigenvalue weighted by atomic mass is 10.2. The van der Waals surface area contributed by atoms with Gasteiger partial charge in [-0.25, -0.2) is 5.01 Å². The standard InChI is InChI=1S/C15H12ClN3O2S/c1-19(17-10-11-6-8-12(16)9-7-11)15-13-4-2-3-5-14(13)22(20,21)18-15/h2-10H,1H3. The number of sulfonamides is 1. The molecule has 22 heavy (non-hydrogen) atoms. The van der Waals surface area contributed by atoms with Gasteiger partial charge >= 0.3 is 0 Å². The summed E-state index contributed by atoms with van der Waals surface area (Å²) in [4.78, 5) is 0.207. The Morgan fingerprint density at radius 2 is 1.82 bits per heavy atom. The molecule has 0 atom stereocenters. The van der Waals surface area contributed by atoms with Crippen LogP contribution in [0.3, 0.4) is 0 Å². The number of nitrogens with zero attached hydrogens (tertiary/aromatic N) is 3. The van der Waals surface area contributed by atoms with Crippen LogP contribution in [0.1, 0.15) is 11.1 Å². The van der Waals surface area contributed by atoms with Crippen molar-refractivity contribution in [2.45, 2.75) is 4.90 Å². The van der Waals surface area contributed by atoms with E-state index in [1.165, 1.54) is 11.1 Å². The van der Waals surface area contributed by atoms with E-state index >= 15 is 0 Å². The molecule has 0 amide bonds. The summed E-state index contributed by atoms with van der Waals surface area (Å²) in [7, 11) is -1.98. The van der Waals surface area contributed by atoms with Crippen LogP contribution in [0, 0.1) is 0 Å². The highest BCUT2D eigenvalue weighted by Crippen LogP contribution is 2.26. The van der Waals surface area contributed by atoms with Crippen molar-refractivity contribution in [3.8, 4) is 0 Å². The summed E-state index contributed by atoms with van der Waals surface area (Å²) >= 11 is 5.82. The Kier molecular flexibility index (Phi) is 3.72. The van der Waals surface area contributed by atoms with Gasteiger partial charge < -0.3 is 0 Å². The highest BCUT2D eigenvalue weighted by molar-refractivity contribution is 7.90. The zero-order valence-electron chi connectivity index (χ0n) is 11.6. The second-order valence-corrected chi connectivity index (χ2v) is 6.71. The first-order chi connectivity index (χ1) is 10.5. The van der Waals surface area contributed by atoms with Gasteiger partial charge in [0, 0.05) is 17.6 Å². The Hall–Kier alpha value is -2.18. The first-order valence-corrected chi connectivity index (χ1v) is 8.27. The molecule has 1 aliphatic rings. The van der Waals surface area contributed by atoms with Crippen LogP contribution >= 0.6 is 11.6 Å². The SMILES string of the molecule is CN(N=Cc1ccc(Cl)cc1)C1=NS(=O)(=O)c2ccccc21. The third-order valence-electron chi connectivity index (χ3n) is 3.17. The lowest BCUT2D eigenvalue weighted by Crippen LogP contribution is -2.21. The summed E-state index contributed by atoms with van der Waals surface area (Å²) in [5.41, 5.74) is 1.41. The zero-order valence-corrected chi connectivity index (χ0v) is 13.2. The molecular weight excluding hydrogens is 322 g/mol. The molecule has 0 unspecified atom stereocenters. The molecule has 7 heteroatoms. The summed E-state index contributed by atoms with van der Waals surface area (Å²) in [5, 5.41) is 6.33. The lowest BCUT2D eigenvalue weighted by molar-refractivity contribution is 0.549. The van der Waals surface area contributed by atoms with E-state index in [2.05, 4.69) is 9.50 Å². The van der Waals surface area contributed by atoms with E-state index in [9.17, 15) is 8.42 Å². The van der Waals surface area contributed by atoms with E-state index in [0.29, 0.717) is 16.4 Å². The number of amidine groups is 1. The van der Waals surface area contributed by atoms with Crippen LogP contribution in [0.2, 0.25) is 5.02 Å². The Labute approximate surface area is 133 Å². The van der Waals surface area contributed by atoms with Crippen LogP contribution in [0.25, 0.3) is 0 Å². The topological polar surface area (TPSA) is 62.1 Å². The summed E-state index contributed by atoms with van der Waals surface area (Å²) in [6.45, 7) is 0. The number of fused-ring (bicyclic) bond motifs is 1. The highest BCUT2D eigenvalue weighted by Gasteiger charge is 2.30. The van der Waals surface area contributed by atoms with Crippen molar-refractivity contribution in [1.82, 2.24) is 5.01 Å². The van der Waals surface area contributed by atoms with E-state index in [4.69, 9.17) is 11.6 Å². The van der Waals surface area contributed by atoms with Crippen LogP contribution in [0.15, 0.2) is 62.9 Å². The second-order valence-electron chi connectivity index (χ2n) is 4.71. The van der Waals surface area contributed by atoms with Crippen LogP contribution in [-0.2, 0) is 10.0 Å². The molecule has 112 valence electrons. The first kappa shape index (κ1) is 14.7. The maximum Gasteiger partial charge on any atom is 0.285 e. The Morgan fingerprint density at radius 3 is 2.55 bits per heavy atom. The fourth-order valence-corrected chi connectivity index (χ4v) is 3.43. The van der Waals surface area contributed by atoms with Gasteiger partial charge in [0.15, 0.2) is 5.84 Å². The van der Waals surface area contributed by atoms with Crippen LogP contribution in [0.5, 0.6) is 0 Å². The minimum Gasteiger partial charge on any atom is -0.250 e. The molecule has 0 bridgehead atoms. The van der Waals surface area contributed by atoms with Crippen molar-refractivity contribution >= 4 is 33.7 Å². The normalized spacial score (nSPS) is 15.6. The molecule has 0 saturated carbocycles. The monoisotopic (exact) mass is 333 g/mol. The van der Waals surface area contributed by atoms with E-state index in [-0.39, 0.29) is 4.90 Å². The molecule has 0 fully saturated rings. The smallest absolute Gasteiger partial charge is 0.250 e. The summed E-state index contributed by atoms with van der Waals surface area (Å²) < 4.78 is 27.8. The molecule has 0 saturated heterocycles. The average Bonchev–Trinajstić information content (AvgIpc) is 2.79. The Morgan fingerprint density at radius 1 is 1.14 bits per heavy atom.